The van der Waals surface area contributed by atoms with Gasteiger partial charge in [0.2, 0.25) is 5.91 Å². The van der Waals surface area contributed by atoms with Gasteiger partial charge in [-0.15, -0.1) is 0 Å². The lowest BCUT2D eigenvalue weighted by Gasteiger charge is -2.07. The van der Waals surface area contributed by atoms with E-state index in [0.717, 1.165) is 0 Å². The second kappa shape index (κ2) is 13.0. The van der Waals surface area contributed by atoms with Crippen LogP contribution in [0.4, 0.5) is 4.79 Å². The van der Waals surface area contributed by atoms with Crippen molar-refractivity contribution in [3.8, 4) is 0 Å². The van der Waals surface area contributed by atoms with Crippen LogP contribution in [0.3, 0.4) is 0 Å². The van der Waals surface area contributed by atoms with Crippen LogP contribution in [0.5, 0.6) is 0 Å². The van der Waals surface area contributed by atoms with E-state index in [2.05, 4.69) is 16.0 Å². The van der Waals surface area contributed by atoms with Gasteiger partial charge in [-0.3, -0.25) is 9.59 Å². The van der Waals surface area contributed by atoms with Crippen LogP contribution >= 0.6 is 22.6 Å². The molecule has 0 spiro atoms. The Morgan fingerprint density at radius 2 is 1.56 bits per heavy atom. The van der Waals surface area contributed by atoms with Crippen molar-refractivity contribution in [3.63, 3.8) is 0 Å². The fourth-order valence-electron chi connectivity index (χ4n) is 1.03. The number of ether oxygens (including phenoxy) is 2. The van der Waals surface area contributed by atoms with Gasteiger partial charge in [-0.1, -0.05) is 0 Å². The molecule has 7 nitrogen and oxygen atoms in total. The van der Waals surface area contributed by atoms with Crippen LogP contribution in [-0.4, -0.2) is 62.9 Å². The van der Waals surface area contributed by atoms with Gasteiger partial charge in [0.05, 0.1) is 33.0 Å². The summed E-state index contributed by atoms with van der Waals surface area (Å²) < 4.78 is 10.4. The van der Waals surface area contributed by atoms with Crippen molar-refractivity contribution in [2.45, 2.75) is 0 Å². The zero-order chi connectivity index (χ0) is 13.6. The first-order valence-electron chi connectivity index (χ1n) is 5.67. The molecule has 0 fully saturated rings. The topological polar surface area (TPSA) is 88.7 Å². The predicted octanol–water partition coefficient (Wildman–Crippen LogP) is -0.500. The van der Waals surface area contributed by atoms with E-state index in [1.165, 1.54) is 0 Å². The summed E-state index contributed by atoms with van der Waals surface area (Å²) in [5, 5.41) is 8.05. The Morgan fingerprint density at radius 1 is 1.00 bits per heavy atom. The van der Waals surface area contributed by atoms with Crippen molar-refractivity contribution >= 4 is 32.4 Å². The Bertz CT molecular complexity index is 241. The molecule has 0 aromatic heterocycles. The number of hydrogen-bond donors (Lipinski definition) is 3. The molecule has 0 unspecified atom stereocenters. The maximum atomic E-state index is 11.0. The highest BCUT2D eigenvalue weighted by atomic mass is 127. The van der Waals surface area contributed by atoms with E-state index in [-0.39, 0.29) is 9.82 Å². The molecule has 0 aliphatic rings. The Hall–Kier alpha value is -0.450. The molecule has 3 N–H and O–H groups in total. The van der Waals surface area contributed by atoms with Gasteiger partial charge < -0.3 is 25.4 Å². The summed E-state index contributed by atoms with van der Waals surface area (Å²) in [7, 11) is 1.72. The molecule has 0 saturated carbocycles. The fraction of sp³-hybridized carbons (Fsp3) is 0.800. The lowest BCUT2D eigenvalue weighted by Crippen LogP contribution is -2.34. The number of likely N-dealkylation sites (N-methyl/N-ethyl adjacent to an activating group) is 1. The average Bonchev–Trinajstić information content (AvgIpc) is 2.31. The normalized spacial score (nSPS) is 10.1. The van der Waals surface area contributed by atoms with Gasteiger partial charge in [-0.2, -0.15) is 0 Å². The first-order valence-corrected chi connectivity index (χ1v) is 6.74. The molecule has 0 aromatic rings. The molecular weight excluding hydrogens is 353 g/mol. The quantitative estimate of drug-likeness (QED) is 0.197. The average molecular weight is 373 g/mol. The van der Waals surface area contributed by atoms with E-state index < -0.39 is 0 Å². The molecule has 0 atom stereocenters. The predicted molar refractivity (Wildman–Crippen MR) is 76.0 cm³/mol. The van der Waals surface area contributed by atoms with Crippen molar-refractivity contribution in [3.05, 3.63) is 0 Å². The third kappa shape index (κ3) is 13.6. The summed E-state index contributed by atoms with van der Waals surface area (Å²) in [6.45, 7) is 3.18. The number of halogens is 1. The summed E-state index contributed by atoms with van der Waals surface area (Å²) in [6, 6.07) is 0. The molecule has 106 valence electrons. The molecule has 2 amide bonds. The second-order valence-corrected chi connectivity index (χ2v) is 4.29. The number of carbonyl (C=O) groups excluding carboxylic acids is 2. The first-order chi connectivity index (χ1) is 8.66. The lowest BCUT2D eigenvalue weighted by atomic mass is 10.5. The molecule has 0 radical (unpaired) electrons. The molecule has 0 aliphatic carbocycles. The van der Waals surface area contributed by atoms with E-state index >= 15 is 0 Å². The Labute approximate surface area is 120 Å². The van der Waals surface area contributed by atoms with E-state index in [4.69, 9.17) is 9.47 Å². The van der Waals surface area contributed by atoms with Crippen LogP contribution in [0.25, 0.3) is 0 Å². The standard InChI is InChI=1S/C10H20IN3O4/c1-12-8-9(15)13-2-4-17-6-7-18-5-3-14-10(11)16/h12H,2-8H2,1H3,(H,13,15)(H,14,16). The lowest BCUT2D eigenvalue weighted by molar-refractivity contribution is -0.120. The monoisotopic (exact) mass is 373 g/mol. The molecule has 0 bridgehead atoms. The number of carbonyl (C=O) groups is 2. The van der Waals surface area contributed by atoms with E-state index in [1.54, 1.807) is 29.6 Å². The number of amides is 2. The van der Waals surface area contributed by atoms with Crippen molar-refractivity contribution in [2.24, 2.45) is 0 Å². The Balaban J connectivity index is 3.07. The maximum Gasteiger partial charge on any atom is 0.280 e. The summed E-state index contributed by atoms with van der Waals surface area (Å²) in [5.74, 6) is -0.0492. The van der Waals surface area contributed by atoms with Crippen molar-refractivity contribution in [1.29, 1.82) is 0 Å². The van der Waals surface area contributed by atoms with Gasteiger partial charge in [0.1, 0.15) is 0 Å². The highest BCUT2D eigenvalue weighted by Gasteiger charge is 1.97. The molecule has 0 heterocycles. The largest absolute Gasteiger partial charge is 0.377 e. The van der Waals surface area contributed by atoms with E-state index in [1.807, 2.05) is 0 Å². The summed E-state index contributed by atoms with van der Waals surface area (Å²) in [6.07, 6.45) is 0. The van der Waals surface area contributed by atoms with Crippen LogP contribution in [0.1, 0.15) is 0 Å². The minimum atomic E-state index is -0.0928. The zero-order valence-electron chi connectivity index (χ0n) is 10.5. The van der Waals surface area contributed by atoms with E-state index in [0.29, 0.717) is 46.1 Å². The van der Waals surface area contributed by atoms with Crippen molar-refractivity contribution in [1.82, 2.24) is 16.0 Å². The van der Waals surface area contributed by atoms with Crippen LogP contribution < -0.4 is 16.0 Å². The third-order valence-corrected chi connectivity index (χ3v) is 2.17. The van der Waals surface area contributed by atoms with Gasteiger partial charge in [-0.25, -0.2) is 0 Å². The molecule has 0 aromatic carbocycles. The molecule has 8 heteroatoms. The smallest absolute Gasteiger partial charge is 0.280 e. The van der Waals surface area contributed by atoms with Crippen LogP contribution in [0, 0.1) is 0 Å². The van der Waals surface area contributed by atoms with Crippen LogP contribution in [0.15, 0.2) is 0 Å². The van der Waals surface area contributed by atoms with Gasteiger partial charge in [0.15, 0.2) is 0 Å². The molecule has 0 aliphatic heterocycles. The minimum Gasteiger partial charge on any atom is -0.377 e. The van der Waals surface area contributed by atoms with Crippen LogP contribution in [0.2, 0.25) is 0 Å². The molecule has 18 heavy (non-hydrogen) atoms. The minimum absolute atomic E-state index is 0.0492. The third-order valence-electron chi connectivity index (χ3n) is 1.79. The molecular formula is C10H20IN3O4. The fourth-order valence-corrected chi connectivity index (χ4v) is 1.30. The van der Waals surface area contributed by atoms with Crippen LogP contribution in [-0.2, 0) is 14.3 Å². The van der Waals surface area contributed by atoms with Gasteiger partial charge >= 0.3 is 0 Å². The Kier molecular flexibility index (Phi) is 12.7. The summed E-state index contributed by atoms with van der Waals surface area (Å²) >= 11 is 1.67. The van der Waals surface area contributed by atoms with Gasteiger partial charge in [0.25, 0.3) is 3.91 Å². The van der Waals surface area contributed by atoms with E-state index in [9.17, 15) is 9.59 Å². The highest BCUT2D eigenvalue weighted by molar-refractivity contribution is 14.1. The van der Waals surface area contributed by atoms with Crippen molar-refractivity contribution in [2.75, 3.05) is 53.1 Å². The molecule has 0 saturated heterocycles. The zero-order valence-corrected chi connectivity index (χ0v) is 12.6. The number of rotatable bonds is 11. The first kappa shape index (κ1) is 17.6. The molecule has 0 rings (SSSR count). The maximum absolute atomic E-state index is 11.0. The highest BCUT2D eigenvalue weighted by Crippen LogP contribution is 1.82. The van der Waals surface area contributed by atoms with Crippen molar-refractivity contribution < 1.29 is 19.1 Å². The second-order valence-electron chi connectivity index (χ2n) is 3.31. The number of nitrogens with one attached hydrogen (secondary N) is 3. The van der Waals surface area contributed by atoms with Gasteiger partial charge in [0, 0.05) is 35.7 Å². The van der Waals surface area contributed by atoms with Gasteiger partial charge in [-0.05, 0) is 7.05 Å². The Morgan fingerprint density at radius 3 is 2.06 bits per heavy atom. The summed E-state index contributed by atoms with van der Waals surface area (Å²) in [4.78, 5) is 21.5. The summed E-state index contributed by atoms with van der Waals surface area (Å²) in [5.41, 5.74) is 0. The number of hydrogen-bond acceptors (Lipinski definition) is 5. The SMILES string of the molecule is CNCC(=O)NCCOCCOCCNC(=O)I.